The number of nitrogens with one attached hydrogen (secondary N) is 1. The molecule has 27 heavy (non-hydrogen) atoms. The van der Waals surface area contributed by atoms with E-state index in [9.17, 15) is 14.9 Å². The first kappa shape index (κ1) is 16.9. The Hall–Kier alpha value is -3.52. The number of hydrogen-bond donors (Lipinski definition) is 1. The zero-order valence-electron chi connectivity index (χ0n) is 13.7. The van der Waals surface area contributed by atoms with Crippen LogP contribution in [0.25, 0.3) is 0 Å². The number of aliphatic imine (C=N–C) groups is 1. The zero-order chi connectivity index (χ0) is 19.0. The van der Waals surface area contributed by atoms with Gasteiger partial charge < -0.3 is 9.73 Å². The van der Waals surface area contributed by atoms with Gasteiger partial charge in [-0.3, -0.25) is 14.9 Å². The number of carbonyl (C=O) groups excluding carboxylic acids is 1. The van der Waals surface area contributed by atoms with E-state index < -0.39 is 4.92 Å². The molecule has 0 atom stereocenters. The molecule has 1 aromatic carbocycles. The highest BCUT2D eigenvalue weighted by molar-refractivity contribution is 6.34. The molecule has 0 spiro atoms. The van der Waals surface area contributed by atoms with Crippen LogP contribution in [-0.4, -0.2) is 21.5 Å². The van der Waals surface area contributed by atoms with Crippen LogP contribution in [0, 0.1) is 10.1 Å². The molecule has 0 bridgehead atoms. The summed E-state index contributed by atoms with van der Waals surface area (Å²) in [6, 6.07) is 9.65. The number of aromatic nitrogens is 1. The maximum absolute atomic E-state index is 12.1. The standard InChI is InChI=1S/C18H11ClN4O4/c19-14-4-3-11(21-18(24)16-2-1-5-27-16)8-13(14)15-7-10-6-12(23(25)26)9-20-17(10)22-15/h1-6,8-9H,7H2,(H,21,24). The number of furan rings is 1. The maximum Gasteiger partial charge on any atom is 0.291 e. The molecule has 4 rings (SSSR count). The second-order valence-corrected chi connectivity index (χ2v) is 6.20. The van der Waals surface area contributed by atoms with Crippen molar-refractivity contribution in [3.8, 4) is 0 Å². The Bertz CT molecular complexity index is 1090. The first-order valence-electron chi connectivity index (χ1n) is 7.87. The number of anilines is 1. The lowest BCUT2D eigenvalue weighted by Gasteiger charge is -2.08. The van der Waals surface area contributed by atoms with Gasteiger partial charge in [0.25, 0.3) is 11.6 Å². The fourth-order valence-corrected chi connectivity index (χ4v) is 2.98. The maximum atomic E-state index is 12.1. The fraction of sp³-hybridized carbons (Fsp3) is 0.0556. The number of nitro groups is 1. The topological polar surface area (TPSA) is 111 Å². The molecule has 3 heterocycles. The van der Waals surface area contributed by atoms with Gasteiger partial charge in [0.2, 0.25) is 0 Å². The summed E-state index contributed by atoms with van der Waals surface area (Å²) in [6.45, 7) is 0. The van der Waals surface area contributed by atoms with Gasteiger partial charge in [-0.2, -0.15) is 0 Å². The molecule has 1 amide bonds. The number of benzene rings is 1. The van der Waals surface area contributed by atoms with Crippen LogP contribution in [0.4, 0.5) is 17.2 Å². The number of pyridine rings is 1. The van der Waals surface area contributed by atoms with E-state index in [0.29, 0.717) is 39.8 Å². The minimum absolute atomic E-state index is 0.0873. The van der Waals surface area contributed by atoms with Gasteiger partial charge in [0.05, 0.1) is 16.9 Å². The second-order valence-electron chi connectivity index (χ2n) is 5.79. The van der Waals surface area contributed by atoms with Crippen molar-refractivity contribution in [1.82, 2.24) is 4.98 Å². The molecule has 1 N–H and O–H groups in total. The Balaban J connectivity index is 1.61. The van der Waals surface area contributed by atoms with E-state index in [0.717, 1.165) is 0 Å². The zero-order valence-corrected chi connectivity index (χ0v) is 14.4. The summed E-state index contributed by atoms with van der Waals surface area (Å²) in [5.41, 5.74) is 2.33. The van der Waals surface area contributed by atoms with Crippen LogP contribution in [0.2, 0.25) is 5.02 Å². The molecule has 8 nitrogen and oxygen atoms in total. The average Bonchev–Trinajstić information content (AvgIpc) is 3.32. The normalized spacial score (nSPS) is 12.4. The Kier molecular flexibility index (Phi) is 4.17. The summed E-state index contributed by atoms with van der Waals surface area (Å²) < 4.78 is 5.07. The number of amides is 1. The second kappa shape index (κ2) is 6.65. The van der Waals surface area contributed by atoms with Crippen LogP contribution < -0.4 is 5.32 Å². The SMILES string of the molecule is O=C(Nc1ccc(Cl)c(C2=Nc3ncc([N+](=O)[O-])cc3C2)c1)c1ccco1. The van der Waals surface area contributed by atoms with E-state index in [1.54, 1.807) is 30.3 Å². The summed E-state index contributed by atoms with van der Waals surface area (Å²) in [6.07, 6.45) is 2.95. The number of nitrogens with zero attached hydrogens (tertiary/aromatic N) is 3. The summed E-state index contributed by atoms with van der Waals surface area (Å²) in [4.78, 5) is 31.0. The largest absolute Gasteiger partial charge is 0.459 e. The van der Waals surface area contributed by atoms with Gasteiger partial charge in [-0.25, -0.2) is 9.98 Å². The van der Waals surface area contributed by atoms with Crippen molar-refractivity contribution in [3.63, 3.8) is 0 Å². The monoisotopic (exact) mass is 382 g/mol. The van der Waals surface area contributed by atoms with Crippen LogP contribution in [0.3, 0.4) is 0 Å². The lowest BCUT2D eigenvalue weighted by Crippen LogP contribution is -2.11. The summed E-state index contributed by atoms with van der Waals surface area (Å²) in [5.74, 6) is 0.229. The Morgan fingerprint density at radius 2 is 2.15 bits per heavy atom. The molecule has 0 aliphatic carbocycles. The molecular weight excluding hydrogens is 372 g/mol. The molecule has 3 aromatic rings. The first-order chi connectivity index (χ1) is 13.0. The van der Waals surface area contributed by atoms with Gasteiger partial charge in [-0.1, -0.05) is 11.6 Å². The van der Waals surface area contributed by atoms with Crippen molar-refractivity contribution in [2.24, 2.45) is 4.99 Å². The Morgan fingerprint density at radius 1 is 1.30 bits per heavy atom. The predicted molar refractivity (Wildman–Crippen MR) is 98.9 cm³/mol. The van der Waals surface area contributed by atoms with Crippen molar-refractivity contribution < 1.29 is 14.1 Å². The first-order valence-corrected chi connectivity index (χ1v) is 8.25. The summed E-state index contributed by atoms with van der Waals surface area (Å²) in [5, 5.41) is 14.1. The minimum atomic E-state index is -0.497. The van der Waals surface area contributed by atoms with Crippen molar-refractivity contribution in [3.05, 3.63) is 80.9 Å². The van der Waals surface area contributed by atoms with Gasteiger partial charge in [0.1, 0.15) is 6.20 Å². The molecule has 0 saturated heterocycles. The molecule has 2 aromatic heterocycles. The van der Waals surface area contributed by atoms with E-state index >= 15 is 0 Å². The molecular formula is C18H11ClN4O4. The van der Waals surface area contributed by atoms with E-state index in [-0.39, 0.29) is 17.4 Å². The van der Waals surface area contributed by atoms with Crippen LogP contribution in [0.5, 0.6) is 0 Å². The van der Waals surface area contributed by atoms with Crippen molar-refractivity contribution in [2.45, 2.75) is 6.42 Å². The van der Waals surface area contributed by atoms with Crippen LogP contribution in [-0.2, 0) is 6.42 Å². The lowest BCUT2D eigenvalue weighted by atomic mass is 10.0. The van der Waals surface area contributed by atoms with Crippen molar-refractivity contribution in [2.75, 3.05) is 5.32 Å². The average molecular weight is 383 g/mol. The van der Waals surface area contributed by atoms with Gasteiger partial charge >= 0.3 is 0 Å². The van der Waals surface area contributed by atoms with Gasteiger partial charge in [-0.15, -0.1) is 0 Å². The smallest absolute Gasteiger partial charge is 0.291 e. The van der Waals surface area contributed by atoms with Crippen molar-refractivity contribution >= 4 is 40.4 Å². The summed E-state index contributed by atoms with van der Waals surface area (Å²) >= 11 is 6.30. The minimum Gasteiger partial charge on any atom is -0.459 e. The molecule has 1 aliphatic heterocycles. The number of hydrogen-bond acceptors (Lipinski definition) is 6. The predicted octanol–water partition coefficient (Wildman–Crippen LogP) is 4.17. The van der Waals surface area contributed by atoms with Gasteiger partial charge in [0, 0.05) is 34.3 Å². The summed E-state index contributed by atoms with van der Waals surface area (Å²) in [7, 11) is 0. The number of halogens is 1. The fourth-order valence-electron chi connectivity index (χ4n) is 2.75. The molecule has 0 saturated carbocycles. The lowest BCUT2D eigenvalue weighted by molar-refractivity contribution is -0.385. The molecule has 1 aliphatic rings. The number of fused-ring (bicyclic) bond motifs is 1. The molecule has 134 valence electrons. The number of carbonyl (C=O) groups is 1. The van der Waals surface area contributed by atoms with Gasteiger partial charge in [-0.05, 0) is 30.3 Å². The molecule has 0 fully saturated rings. The highest BCUT2D eigenvalue weighted by atomic mass is 35.5. The van der Waals surface area contributed by atoms with Crippen molar-refractivity contribution in [1.29, 1.82) is 0 Å². The third-order valence-corrected chi connectivity index (χ3v) is 4.35. The number of rotatable bonds is 4. The Morgan fingerprint density at radius 3 is 2.89 bits per heavy atom. The van der Waals surface area contributed by atoms with E-state index in [1.165, 1.54) is 18.5 Å². The molecule has 0 radical (unpaired) electrons. The van der Waals surface area contributed by atoms with E-state index in [4.69, 9.17) is 16.0 Å². The highest BCUT2D eigenvalue weighted by Crippen LogP contribution is 2.32. The van der Waals surface area contributed by atoms with E-state index in [1.807, 2.05) is 0 Å². The van der Waals surface area contributed by atoms with Crippen LogP contribution in [0.15, 0.2) is 58.3 Å². The quantitative estimate of drug-likeness (QED) is 0.537. The van der Waals surface area contributed by atoms with Gasteiger partial charge in [0.15, 0.2) is 11.6 Å². The Labute approximate surface area is 157 Å². The third-order valence-electron chi connectivity index (χ3n) is 4.02. The van der Waals surface area contributed by atoms with E-state index in [2.05, 4.69) is 15.3 Å². The molecule has 0 unspecified atom stereocenters. The molecule has 9 heteroatoms. The highest BCUT2D eigenvalue weighted by Gasteiger charge is 2.22. The van der Waals surface area contributed by atoms with Crippen LogP contribution >= 0.6 is 11.6 Å². The van der Waals surface area contributed by atoms with Crippen LogP contribution in [0.1, 0.15) is 21.7 Å². The third kappa shape index (κ3) is 3.30.